The second kappa shape index (κ2) is 6.55. The summed E-state index contributed by atoms with van der Waals surface area (Å²) < 4.78 is 1.67. The predicted molar refractivity (Wildman–Crippen MR) is 94.6 cm³/mol. The van der Waals surface area contributed by atoms with Crippen molar-refractivity contribution in [2.45, 2.75) is 0 Å². The Morgan fingerprint density at radius 2 is 1.65 bits per heavy atom. The van der Waals surface area contributed by atoms with Gasteiger partial charge in [0.2, 0.25) is 0 Å². The largest absolute Gasteiger partial charge is 0.335 e. The Labute approximate surface area is 150 Å². The van der Waals surface area contributed by atoms with Gasteiger partial charge in [-0.15, -0.1) is 5.10 Å². The first-order chi connectivity index (χ1) is 12.6. The SMILES string of the molecule is Cn1nnc2cc(C(=O)N3CCN(C(=O)c4cccnc4)CC3)ccc21. The van der Waals surface area contributed by atoms with E-state index in [-0.39, 0.29) is 11.8 Å². The first-order valence-corrected chi connectivity index (χ1v) is 8.41. The molecule has 0 N–H and O–H groups in total. The number of nitrogens with zero attached hydrogens (tertiary/aromatic N) is 6. The number of pyridine rings is 1. The van der Waals surface area contributed by atoms with Crippen LogP contribution in [-0.2, 0) is 7.05 Å². The van der Waals surface area contributed by atoms with Crippen molar-refractivity contribution in [2.24, 2.45) is 7.05 Å². The number of benzene rings is 1. The van der Waals surface area contributed by atoms with E-state index in [1.165, 1.54) is 0 Å². The number of hydrogen-bond donors (Lipinski definition) is 0. The van der Waals surface area contributed by atoms with Gasteiger partial charge in [-0.3, -0.25) is 14.6 Å². The van der Waals surface area contributed by atoms with E-state index in [4.69, 9.17) is 0 Å². The lowest BCUT2D eigenvalue weighted by molar-refractivity contribution is 0.0535. The average Bonchev–Trinajstić information content (AvgIpc) is 3.08. The molecule has 0 bridgehead atoms. The van der Waals surface area contributed by atoms with Gasteiger partial charge in [0, 0.05) is 51.2 Å². The van der Waals surface area contributed by atoms with Crippen LogP contribution < -0.4 is 0 Å². The van der Waals surface area contributed by atoms with Gasteiger partial charge < -0.3 is 9.80 Å². The van der Waals surface area contributed by atoms with Gasteiger partial charge >= 0.3 is 0 Å². The summed E-state index contributed by atoms with van der Waals surface area (Å²) >= 11 is 0. The van der Waals surface area contributed by atoms with Crippen molar-refractivity contribution in [3.8, 4) is 0 Å². The summed E-state index contributed by atoms with van der Waals surface area (Å²) in [6.45, 7) is 2.02. The fraction of sp³-hybridized carbons (Fsp3) is 0.278. The van der Waals surface area contributed by atoms with E-state index < -0.39 is 0 Å². The molecule has 0 unspecified atom stereocenters. The average molecular weight is 350 g/mol. The first-order valence-electron chi connectivity index (χ1n) is 8.41. The Bertz CT molecular complexity index is 960. The van der Waals surface area contributed by atoms with E-state index in [9.17, 15) is 9.59 Å². The summed E-state index contributed by atoms with van der Waals surface area (Å²) in [5, 5.41) is 8.02. The zero-order chi connectivity index (χ0) is 18.1. The molecule has 0 saturated carbocycles. The van der Waals surface area contributed by atoms with Crippen molar-refractivity contribution >= 4 is 22.8 Å². The van der Waals surface area contributed by atoms with Gasteiger partial charge in [-0.1, -0.05) is 5.21 Å². The van der Waals surface area contributed by atoms with Gasteiger partial charge in [0.25, 0.3) is 11.8 Å². The van der Waals surface area contributed by atoms with E-state index in [1.807, 2.05) is 13.1 Å². The number of aromatic nitrogens is 4. The van der Waals surface area contributed by atoms with Crippen molar-refractivity contribution in [2.75, 3.05) is 26.2 Å². The van der Waals surface area contributed by atoms with Crippen molar-refractivity contribution in [1.82, 2.24) is 29.8 Å². The van der Waals surface area contributed by atoms with Crippen molar-refractivity contribution in [1.29, 1.82) is 0 Å². The molecule has 4 rings (SSSR count). The number of hydrogen-bond acceptors (Lipinski definition) is 5. The van der Waals surface area contributed by atoms with Crippen LogP contribution in [-0.4, -0.2) is 67.8 Å². The summed E-state index contributed by atoms with van der Waals surface area (Å²) in [4.78, 5) is 32.7. The van der Waals surface area contributed by atoms with Gasteiger partial charge in [0.05, 0.1) is 11.1 Å². The molecule has 0 spiro atoms. The van der Waals surface area contributed by atoms with E-state index in [2.05, 4.69) is 15.3 Å². The van der Waals surface area contributed by atoms with Crippen molar-refractivity contribution in [3.63, 3.8) is 0 Å². The third kappa shape index (κ3) is 2.90. The number of piperazine rings is 1. The van der Waals surface area contributed by atoms with Crippen LogP contribution in [0.15, 0.2) is 42.7 Å². The molecule has 3 aromatic rings. The monoisotopic (exact) mass is 350 g/mol. The lowest BCUT2D eigenvalue weighted by Crippen LogP contribution is -2.50. The topological polar surface area (TPSA) is 84.2 Å². The van der Waals surface area contributed by atoms with Crippen LogP contribution in [0.2, 0.25) is 0 Å². The lowest BCUT2D eigenvalue weighted by atomic mass is 10.1. The maximum Gasteiger partial charge on any atom is 0.255 e. The standard InChI is InChI=1S/C18H18N6O2/c1-22-16-5-4-13(11-15(16)20-21-22)17(25)23-7-9-24(10-8-23)18(26)14-3-2-6-19-12-14/h2-6,11-12H,7-10H2,1H3. The van der Waals surface area contributed by atoms with Crippen LogP contribution in [0.4, 0.5) is 0 Å². The summed E-state index contributed by atoms with van der Waals surface area (Å²) in [6.07, 6.45) is 3.21. The maximum absolute atomic E-state index is 12.8. The normalized spacial score (nSPS) is 14.7. The van der Waals surface area contributed by atoms with Crippen LogP contribution in [0.25, 0.3) is 11.0 Å². The molecule has 0 atom stereocenters. The van der Waals surface area contributed by atoms with Gasteiger partial charge in [-0.25, -0.2) is 4.68 Å². The molecular formula is C18H18N6O2. The highest BCUT2D eigenvalue weighted by molar-refractivity contribution is 5.98. The Hall–Kier alpha value is -3.29. The fourth-order valence-corrected chi connectivity index (χ4v) is 3.14. The van der Waals surface area contributed by atoms with Crippen molar-refractivity contribution in [3.05, 3.63) is 53.9 Å². The van der Waals surface area contributed by atoms with E-state index in [0.717, 1.165) is 5.52 Å². The second-order valence-corrected chi connectivity index (χ2v) is 6.24. The van der Waals surface area contributed by atoms with Crippen LogP contribution >= 0.6 is 0 Å². The smallest absolute Gasteiger partial charge is 0.255 e. The number of rotatable bonds is 2. The molecule has 0 radical (unpaired) electrons. The van der Waals surface area contributed by atoms with E-state index in [0.29, 0.717) is 42.8 Å². The zero-order valence-corrected chi connectivity index (χ0v) is 14.4. The highest BCUT2D eigenvalue weighted by Gasteiger charge is 2.25. The molecule has 1 aliphatic heterocycles. The van der Waals surface area contributed by atoms with Gasteiger partial charge in [-0.2, -0.15) is 0 Å². The molecule has 2 aromatic heterocycles. The minimum absolute atomic E-state index is 0.0498. The first kappa shape index (κ1) is 16.2. The van der Waals surface area contributed by atoms with Crippen LogP contribution in [0.3, 0.4) is 0 Å². The molecule has 8 heteroatoms. The minimum atomic E-state index is -0.0500. The quantitative estimate of drug-likeness (QED) is 0.687. The van der Waals surface area contributed by atoms with Crippen molar-refractivity contribution < 1.29 is 9.59 Å². The third-order valence-electron chi connectivity index (χ3n) is 4.62. The van der Waals surface area contributed by atoms with Crippen LogP contribution in [0, 0.1) is 0 Å². The number of fused-ring (bicyclic) bond motifs is 1. The number of amides is 2. The summed E-state index contributed by atoms with van der Waals surface area (Å²) in [5.74, 6) is -0.0998. The van der Waals surface area contributed by atoms with Gasteiger partial charge in [0.15, 0.2) is 0 Å². The lowest BCUT2D eigenvalue weighted by Gasteiger charge is -2.34. The number of aryl methyl sites for hydroxylation is 1. The Kier molecular flexibility index (Phi) is 4.08. The molecular weight excluding hydrogens is 332 g/mol. The second-order valence-electron chi connectivity index (χ2n) is 6.24. The molecule has 1 fully saturated rings. The Morgan fingerprint density at radius 1 is 0.962 bits per heavy atom. The third-order valence-corrected chi connectivity index (χ3v) is 4.62. The number of carbonyl (C=O) groups is 2. The minimum Gasteiger partial charge on any atom is -0.335 e. The summed E-state index contributed by atoms with van der Waals surface area (Å²) in [6, 6.07) is 8.91. The fourth-order valence-electron chi connectivity index (χ4n) is 3.14. The number of carbonyl (C=O) groups excluding carboxylic acids is 2. The molecule has 132 valence electrons. The maximum atomic E-state index is 12.8. The predicted octanol–water partition coefficient (Wildman–Crippen LogP) is 0.961. The van der Waals surface area contributed by atoms with Gasteiger partial charge in [-0.05, 0) is 30.3 Å². The van der Waals surface area contributed by atoms with E-state index in [1.54, 1.807) is 51.1 Å². The highest BCUT2D eigenvalue weighted by atomic mass is 16.2. The van der Waals surface area contributed by atoms with Crippen LogP contribution in [0.5, 0.6) is 0 Å². The summed E-state index contributed by atoms with van der Waals surface area (Å²) in [5.41, 5.74) is 2.74. The molecule has 1 aromatic carbocycles. The molecule has 0 aliphatic carbocycles. The molecule has 2 amide bonds. The Balaban J connectivity index is 1.43. The zero-order valence-electron chi connectivity index (χ0n) is 14.4. The molecule has 8 nitrogen and oxygen atoms in total. The molecule has 1 aliphatic rings. The Morgan fingerprint density at radius 3 is 2.31 bits per heavy atom. The molecule has 1 saturated heterocycles. The summed E-state index contributed by atoms with van der Waals surface area (Å²) in [7, 11) is 1.81. The van der Waals surface area contributed by atoms with E-state index >= 15 is 0 Å². The van der Waals surface area contributed by atoms with Gasteiger partial charge in [0.1, 0.15) is 5.52 Å². The van der Waals surface area contributed by atoms with Crippen LogP contribution in [0.1, 0.15) is 20.7 Å². The molecule has 3 heterocycles. The molecule has 26 heavy (non-hydrogen) atoms. The highest BCUT2D eigenvalue weighted by Crippen LogP contribution is 2.16.